The standard InChI is InChI=1S/C37H36N4S/c1-4-33-31(29-11-7-9-27(24(29)2)18-17-26-15-16-26)19-20-36(39-33)41-22-21-28-10-8-12-30(32(28)23-41)25(3)38-37-40-34-13-5-6-14-35(34)42-37/h4-14,19-20,26H,1,3,15-18,21-23H2,2H3,(H,38,40). The van der Waals surface area contributed by atoms with Crippen LogP contribution in [0.15, 0.2) is 86.0 Å². The van der Waals surface area contributed by atoms with E-state index in [0.29, 0.717) is 0 Å². The molecule has 5 heteroatoms. The molecule has 1 N–H and O–H groups in total. The quantitative estimate of drug-likeness (QED) is 0.192. The van der Waals surface area contributed by atoms with Crippen LogP contribution < -0.4 is 10.2 Å². The van der Waals surface area contributed by atoms with Crippen molar-refractivity contribution in [1.82, 2.24) is 9.97 Å². The molecule has 1 aliphatic heterocycles. The molecular formula is C37H36N4S. The van der Waals surface area contributed by atoms with Gasteiger partial charge in [0, 0.05) is 29.9 Å². The van der Waals surface area contributed by atoms with Crippen molar-refractivity contribution in [3.8, 4) is 11.1 Å². The van der Waals surface area contributed by atoms with Crippen LogP contribution in [0.25, 0.3) is 33.1 Å². The summed E-state index contributed by atoms with van der Waals surface area (Å²) in [4.78, 5) is 12.3. The second-order valence-corrected chi connectivity index (χ2v) is 12.6. The fraction of sp³-hybridized carbons (Fsp3) is 0.243. The Kier molecular flexibility index (Phi) is 7.12. The van der Waals surface area contributed by atoms with E-state index in [0.717, 1.165) is 70.8 Å². The highest BCUT2D eigenvalue weighted by Gasteiger charge is 2.23. The topological polar surface area (TPSA) is 41.1 Å². The molecule has 7 rings (SSSR count). The number of rotatable bonds is 9. The summed E-state index contributed by atoms with van der Waals surface area (Å²) in [5.41, 5.74) is 11.9. The summed E-state index contributed by atoms with van der Waals surface area (Å²) >= 11 is 1.65. The van der Waals surface area contributed by atoms with E-state index in [-0.39, 0.29) is 0 Å². The molecule has 3 aromatic carbocycles. The average molecular weight is 569 g/mol. The number of hydrogen-bond donors (Lipinski definition) is 1. The van der Waals surface area contributed by atoms with Crippen molar-refractivity contribution < 1.29 is 0 Å². The van der Waals surface area contributed by atoms with Gasteiger partial charge in [0.2, 0.25) is 0 Å². The highest BCUT2D eigenvalue weighted by molar-refractivity contribution is 7.22. The SMILES string of the molecule is C=Cc1nc(N2CCc3cccc(C(=C)Nc4nc5ccccc5s4)c3C2)ccc1-c1cccc(CCC2CC2)c1C. The summed E-state index contributed by atoms with van der Waals surface area (Å²) in [5, 5.41) is 4.36. The van der Waals surface area contributed by atoms with Crippen LogP contribution in [0.1, 0.15) is 52.8 Å². The molecule has 0 amide bonds. The number of fused-ring (bicyclic) bond motifs is 2. The third-order valence-electron chi connectivity index (χ3n) is 8.83. The number of nitrogens with one attached hydrogen (secondary N) is 1. The Labute approximate surface area is 252 Å². The minimum atomic E-state index is 0.782. The molecule has 1 saturated carbocycles. The molecule has 0 atom stereocenters. The highest BCUT2D eigenvalue weighted by Crippen LogP contribution is 2.37. The maximum atomic E-state index is 5.15. The molecular weight excluding hydrogens is 533 g/mol. The van der Waals surface area contributed by atoms with Crippen molar-refractivity contribution in [1.29, 1.82) is 0 Å². The number of anilines is 2. The smallest absolute Gasteiger partial charge is 0.188 e. The van der Waals surface area contributed by atoms with Crippen molar-refractivity contribution in [2.75, 3.05) is 16.8 Å². The molecule has 0 bridgehead atoms. The average Bonchev–Trinajstić information content (AvgIpc) is 3.76. The lowest BCUT2D eigenvalue weighted by Gasteiger charge is -2.32. The normalized spacial score (nSPS) is 14.5. The summed E-state index contributed by atoms with van der Waals surface area (Å²) in [6.45, 7) is 12.5. The van der Waals surface area contributed by atoms with E-state index in [1.807, 2.05) is 24.3 Å². The lowest BCUT2D eigenvalue weighted by molar-refractivity contribution is 0.719. The van der Waals surface area contributed by atoms with E-state index in [1.54, 1.807) is 11.3 Å². The fourth-order valence-corrected chi connectivity index (χ4v) is 7.11. The monoisotopic (exact) mass is 568 g/mol. The zero-order valence-electron chi connectivity index (χ0n) is 24.2. The third-order valence-corrected chi connectivity index (χ3v) is 9.78. The van der Waals surface area contributed by atoms with E-state index in [1.165, 1.54) is 51.8 Å². The molecule has 0 saturated heterocycles. The molecule has 0 radical (unpaired) electrons. The van der Waals surface area contributed by atoms with Crippen LogP contribution in [0.5, 0.6) is 0 Å². The Balaban J connectivity index is 1.14. The summed E-state index contributed by atoms with van der Waals surface area (Å²) < 4.78 is 1.17. The van der Waals surface area contributed by atoms with Crippen LogP contribution in [0.3, 0.4) is 0 Å². The number of para-hydroxylation sites is 1. The highest BCUT2D eigenvalue weighted by atomic mass is 32.1. The van der Waals surface area contributed by atoms with Gasteiger partial charge in [-0.3, -0.25) is 0 Å². The maximum absolute atomic E-state index is 5.15. The van der Waals surface area contributed by atoms with E-state index >= 15 is 0 Å². The number of benzene rings is 3. The summed E-state index contributed by atoms with van der Waals surface area (Å²) in [7, 11) is 0. The van der Waals surface area contributed by atoms with Crippen LogP contribution in [0.4, 0.5) is 10.9 Å². The van der Waals surface area contributed by atoms with Gasteiger partial charge < -0.3 is 10.2 Å². The van der Waals surface area contributed by atoms with E-state index in [4.69, 9.17) is 9.97 Å². The lowest BCUT2D eigenvalue weighted by atomic mass is 9.92. The van der Waals surface area contributed by atoms with Crippen LogP contribution in [0.2, 0.25) is 0 Å². The van der Waals surface area contributed by atoms with Crippen LogP contribution in [0, 0.1) is 12.8 Å². The van der Waals surface area contributed by atoms with Gasteiger partial charge in [0.05, 0.1) is 15.9 Å². The summed E-state index contributed by atoms with van der Waals surface area (Å²) in [5.74, 6) is 1.93. The van der Waals surface area contributed by atoms with Gasteiger partial charge in [-0.05, 0) is 90.3 Å². The molecule has 0 spiro atoms. The number of pyridine rings is 1. The van der Waals surface area contributed by atoms with Gasteiger partial charge in [0.25, 0.3) is 0 Å². The van der Waals surface area contributed by atoms with Crippen molar-refractivity contribution in [2.24, 2.45) is 5.92 Å². The molecule has 1 aliphatic carbocycles. The first kappa shape index (κ1) is 26.7. The Morgan fingerprint density at radius 3 is 2.69 bits per heavy atom. The number of aryl methyl sites for hydroxylation is 1. The molecule has 4 nitrogen and oxygen atoms in total. The predicted molar refractivity (Wildman–Crippen MR) is 179 cm³/mol. The molecule has 42 heavy (non-hydrogen) atoms. The zero-order valence-corrected chi connectivity index (χ0v) is 25.0. The Morgan fingerprint density at radius 2 is 1.86 bits per heavy atom. The lowest BCUT2D eigenvalue weighted by Crippen LogP contribution is -2.32. The van der Waals surface area contributed by atoms with Crippen LogP contribution in [-0.4, -0.2) is 16.5 Å². The second kappa shape index (κ2) is 11.2. The van der Waals surface area contributed by atoms with Gasteiger partial charge in [0.15, 0.2) is 5.13 Å². The Morgan fingerprint density at radius 1 is 1.00 bits per heavy atom. The maximum Gasteiger partial charge on any atom is 0.188 e. The first-order chi connectivity index (χ1) is 20.6. The van der Waals surface area contributed by atoms with E-state index < -0.39 is 0 Å². The predicted octanol–water partition coefficient (Wildman–Crippen LogP) is 9.30. The minimum absolute atomic E-state index is 0.782. The molecule has 0 unspecified atom stereocenters. The van der Waals surface area contributed by atoms with Gasteiger partial charge in [-0.2, -0.15) is 0 Å². The number of aromatic nitrogens is 2. The summed E-state index contributed by atoms with van der Waals surface area (Å²) in [6.07, 6.45) is 8.14. The van der Waals surface area contributed by atoms with Crippen LogP contribution in [-0.2, 0) is 19.4 Å². The molecule has 2 aromatic heterocycles. The van der Waals surface area contributed by atoms with Gasteiger partial charge in [0.1, 0.15) is 5.82 Å². The number of nitrogens with zero attached hydrogens (tertiary/aromatic N) is 3. The molecule has 1 fully saturated rings. The Hall–Kier alpha value is -4.22. The first-order valence-electron chi connectivity index (χ1n) is 15.0. The van der Waals surface area contributed by atoms with Crippen molar-refractivity contribution in [3.63, 3.8) is 0 Å². The fourth-order valence-electron chi connectivity index (χ4n) is 6.22. The summed E-state index contributed by atoms with van der Waals surface area (Å²) in [6, 6.07) is 25.9. The minimum Gasteiger partial charge on any atom is -0.352 e. The van der Waals surface area contributed by atoms with Gasteiger partial charge in [-0.25, -0.2) is 9.97 Å². The third kappa shape index (κ3) is 5.25. The van der Waals surface area contributed by atoms with E-state index in [2.05, 4.69) is 84.9 Å². The second-order valence-electron chi connectivity index (χ2n) is 11.6. The number of thiazole rings is 1. The molecule has 210 valence electrons. The molecule has 2 aliphatic rings. The van der Waals surface area contributed by atoms with Crippen molar-refractivity contribution in [2.45, 2.75) is 45.6 Å². The largest absolute Gasteiger partial charge is 0.352 e. The molecule has 5 aromatic rings. The van der Waals surface area contributed by atoms with Gasteiger partial charge in [-0.15, -0.1) is 0 Å². The van der Waals surface area contributed by atoms with Crippen molar-refractivity contribution in [3.05, 3.63) is 119 Å². The molecule has 3 heterocycles. The van der Waals surface area contributed by atoms with Crippen molar-refractivity contribution >= 4 is 44.3 Å². The number of hydrogen-bond acceptors (Lipinski definition) is 5. The zero-order chi connectivity index (χ0) is 28.6. The Bertz CT molecular complexity index is 1780. The van der Waals surface area contributed by atoms with E-state index in [9.17, 15) is 0 Å². The first-order valence-corrected chi connectivity index (χ1v) is 15.8. The van der Waals surface area contributed by atoms with Gasteiger partial charge >= 0.3 is 0 Å². The van der Waals surface area contributed by atoms with Crippen LogP contribution >= 0.6 is 11.3 Å². The van der Waals surface area contributed by atoms with Gasteiger partial charge in [-0.1, -0.05) is 85.9 Å².